The minimum absolute atomic E-state index is 0. The Morgan fingerprint density at radius 2 is 1.70 bits per heavy atom. The summed E-state index contributed by atoms with van der Waals surface area (Å²) in [6.07, 6.45) is 2.90. The Morgan fingerprint density at radius 1 is 1.00 bits per heavy atom. The van der Waals surface area contributed by atoms with E-state index >= 15 is 0 Å². The standard InChI is InChI=1S/C16H18N2O3S.Na/c19-12(18-11-7-3-1-4-8-11)9-5-2-6-10-17-13-14(20)15(21)16(13)22;/h1,3-4,7-8,17,22H,2,5-6,9-10H2,(H,18,19);/q;+1/p-1. The van der Waals surface area contributed by atoms with Crippen LogP contribution in [0.1, 0.15) is 25.7 Å². The first-order valence-corrected chi connectivity index (χ1v) is 7.59. The van der Waals surface area contributed by atoms with Crippen molar-refractivity contribution in [1.82, 2.24) is 0 Å². The molecular formula is C16H17N2NaO3S. The van der Waals surface area contributed by atoms with Crippen LogP contribution in [0.25, 0.3) is 0 Å². The fourth-order valence-corrected chi connectivity index (χ4v) is 2.33. The topological polar surface area (TPSA) is 75.3 Å². The van der Waals surface area contributed by atoms with Crippen LogP contribution in [0.3, 0.4) is 0 Å². The van der Waals surface area contributed by atoms with Gasteiger partial charge in [0.15, 0.2) is 0 Å². The molecule has 23 heavy (non-hydrogen) atoms. The molecule has 2 aromatic rings. The quantitative estimate of drug-likeness (QED) is 0.273. The largest absolute Gasteiger partial charge is 1.00 e. The zero-order valence-corrected chi connectivity index (χ0v) is 15.9. The fourth-order valence-electron chi connectivity index (χ4n) is 2.08. The Bertz CT molecular complexity index is 712. The molecule has 1 amide bonds. The second kappa shape index (κ2) is 9.82. The molecule has 0 bridgehead atoms. The molecule has 2 rings (SSSR count). The minimum Gasteiger partial charge on any atom is -0.774 e. The molecule has 0 spiro atoms. The predicted octanol–water partition coefficient (Wildman–Crippen LogP) is -1.20. The molecule has 5 nitrogen and oxygen atoms in total. The first kappa shape index (κ1) is 19.8. The monoisotopic (exact) mass is 340 g/mol. The molecular weight excluding hydrogens is 323 g/mol. The van der Waals surface area contributed by atoms with Crippen LogP contribution in [0.4, 0.5) is 11.4 Å². The first-order chi connectivity index (χ1) is 10.6. The second-order valence-electron chi connectivity index (χ2n) is 5.01. The summed E-state index contributed by atoms with van der Waals surface area (Å²) < 4.78 is 0. The smallest absolute Gasteiger partial charge is 0.774 e. The Hall–Kier alpha value is -1.21. The van der Waals surface area contributed by atoms with Crippen LogP contribution < -0.4 is 51.0 Å². The molecule has 0 unspecified atom stereocenters. The summed E-state index contributed by atoms with van der Waals surface area (Å²) in [5, 5.41) is 5.71. The molecule has 7 heteroatoms. The van der Waals surface area contributed by atoms with Crippen LogP contribution in [-0.2, 0) is 17.4 Å². The number of para-hydroxylation sites is 1. The molecule has 2 aromatic carbocycles. The maximum absolute atomic E-state index is 11.7. The van der Waals surface area contributed by atoms with Gasteiger partial charge in [-0.1, -0.05) is 29.5 Å². The average molecular weight is 340 g/mol. The molecule has 0 atom stereocenters. The molecule has 0 saturated heterocycles. The van der Waals surface area contributed by atoms with Gasteiger partial charge >= 0.3 is 29.6 Å². The van der Waals surface area contributed by atoms with Gasteiger partial charge in [-0.25, -0.2) is 0 Å². The Labute approximate surface area is 162 Å². The van der Waals surface area contributed by atoms with E-state index in [-0.39, 0.29) is 46.0 Å². The number of carbonyl (C=O) groups excluding carboxylic acids is 1. The van der Waals surface area contributed by atoms with Gasteiger partial charge < -0.3 is 23.3 Å². The SMILES string of the molecule is O=C(CCCCCNc1c([S-])c(=O)c1=O)Nc1ccccc1.[Na+]. The second-order valence-corrected chi connectivity index (χ2v) is 5.42. The number of benzene rings is 1. The van der Waals surface area contributed by atoms with Gasteiger partial charge in [0.05, 0.1) is 5.69 Å². The Kier molecular flexibility index (Phi) is 8.47. The zero-order valence-electron chi connectivity index (χ0n) is 13.1. The fraction of sp³-hybridized carbons (Fsp3) is 0.312. The number of hydrogen-bond donors (Lipinski definition) is 2. The summed E-state index contributed by atoms with van der Waals surface area (Å²) in [4.78, 5) is 33.9. The summed E-state index contributed by atoms with van der Waals surface area (Å²) in [6.45, 7) is 0.578. The summed E-state index contributed by atoms with van der Waals surface area (Å²) in [5.41, 5.74) is -0.0311. The third-order valence-corrected chi connectivity index (χ3v) is 3.70. The van der Waals surface area contributed by atoms with Crippen LogP contribution in [0.15, 0.2) is 44.8 Å². The van der Waals surface area contributed by atoms with Gasteiger partial charge in [-0.05, 0) is 25.0 Å². The van der Waals surface area contributed by atoms with Gasteiger partial charge in [0.25, 0.3) is 0 Å². The van der Waals surface area contributed by atoms with E-state index in [1.165, 1.54) is 0 Å². The Morgan fingerprint density at radius 3 is 2.35 bits per heavy atom. The van der Waals surface area contributed by atoms with E-state index in [0.717, 1.165) is 24.9 Å². The number of amides is 1. The van der Waals surface area contributed by atoms with Crippen LogP contribution in [-0.4, -0.2) is 12.5 Å². The van der Waals surface area contributed by atoms with Crippen LogP contribution in [0.2, 0.25) is 0 Å². The van der Waals surface area contributed by atoms with Gasteiger partial charge in [0.1, 0.15) is 0 Å². The number of unbranched alkanes of at least 4 members (excludes halogenated alkanes) is 2. The third-order valence-electron chi connectivity index (χ3n) is 3.31. The Balaban J connectivity index is 0.00000264. The van der Waals surface area contributed by atoms with Crippen molar-refractivity contribution in [3.05, 3.63) is 50.8 Å². The van der Waals surface area contributed by atoms with Crippen molar-refractivity contribution in [2.75, 3.05) is 17.2 Å². The average Bonchev–Trinajstić information content (AvgIpc) is 2.54. The zero-order chi connectivity index (χ0) is 15.9. The first-order valence-electron chi connectivity index (χ1n) is 7.18. The third kappa shape index (κ3) is 5.73. The van der Waals surface area contributed by atoms with Crippen molar-refractivity contribution in [2.45, 2.75) is 30.6 Å². The minimum atomic E-state index is -0.574. The van der Waals surface area contributed by atoms with E-state index in [2.05, 4.69) is 10.6 Å². The van der Waals surface area contributed by atoms with Gasteiger partial charge in [0, 0.05) is 18.7 Å². The van der Waals surface area contributed by atoms with Gasteiger partial charge in [0.2, 0.25) is 16.8 Å². The van der Waals surface area contributed by atoms with Crippen LogP contribution >= 0.6 is 0 Å². The van der Waals surface area contributed by atoms with E-state index in [1.807, 2.05) is 30.3 Å². The summed E-state index contributed by atoms with van der Waals surface area (Å²) in [7, 11) is 0. The summed E-state index contributed by atoms with van der Waals surface area (Å²) in [5.74, 6) is -0.00511. The van der Waals surface area contributed by atoms with Gasteiger partial charge in [-0.15, -0.1) is 0 Å². The predicted molar refractivity (Wildman–Crippen MR) is 89.0 cm³/mol. The van der Waals surface area contributed by atoms with E-state index in [0.29, 0.717) is 13.0 Å². The van der Waals surface area contributed by atoms with Crippen molar-refractivity contribution in [3.63, 3.8) is 0 Å². The van der Waals surface area contributed by atoms with E-state index in [4.69, 9.17) is 12.6 Å². The number of anilines is 2. The van der Waals surface area contributed by atoms with Crippen LogP contribution in [0, 0.1) is 0 Å². The van der Waals surface area contributed by atoms with Crippen molar-refractivity contribution in [2.24, 2.45) is 0 Å². The molecule has 0 aliphatic heterocycles. The van der Waals surface area contributed by atoms with Crippen molar-refractivity contribution in [1.29, 1.82) is 0 Å². The number of rotatable bonds is 8. The molecule has 0 heterocycles. The molecule has 0 aliphatic rings. The van der Waals surface area contributed by atoms with Gasteiger partial charge in [-0.2, -0.15) is 0 Å². The summed E-state index contributed by atoms with van der Waals surface area (Å²) >= 11 is 4.78. The van der Waals surface area contributed by atoms with Crippen molar-refractivity contribution >= 4 is 29.9 Å². The van der Waals surface area contributed by atoms with E-state index in [9.17, 15) is 14.4 Å². The molecule has 2 N–H and O–H groups in total. The normalized spacial score (nSPS) is 10.1. The maximum Gasteiger partial charge on any atom is 1.00 e. The van der Waals surface area contributed by atoms with Crippen molar-refractivity contribution < 1.29 is 34.4 Å². The molecule has 0 saturated carbocycles. The van der Waals surface area contributed by atoms with Crippen LogP contribution in [0.5, 0.6) is 0 Å². The molecule has 0 aromatic heterocycles. The van der Waals surface area contributed by atoms with E-state index in [1.54, 1.807) is 0 Å². The van der Waals surface area contributed by atoms with Crippen molar-refractivity contribution in [3.8, 4) is 0 Å². The molecule has 0 radical (unpaired) electrons. The van der Waals surface area contributed by atoms with E-state index < -0.39 is 10.9 Å². The molecule has 0 aliphatic carbocycles. The molecule has 116 valence electrons. The number of carbonyl (C=O) groups is 1. The number of hydrogen-bond acceptors (Lipinski definition) is 5. The van der Waals surface area contributed by atoms with Gasteiger partial charge in [-0.3, -0.25) is 14.4 Å². The summed E-state index contributed by atoms with van der Waals surface area (Å²) in [6, 6.07) is 9.33. The maximum atomic E-state index is 11.7. The molecule has 0 fully saturated rings. The number of nitrogens with one attached hydrogen (secondary N) is 2.